The van der Waals surface area contributed by atoms with Crippen LogP contribution in [0.15, 0.2) is 0 Å². The molecule has 2 aliphatic carbocycles. The van der Waals surface area contributed by atoms with Crippen LogP contribution < -0.4 is 0 Å². The van der Waals surface area contributed by atoms with E-state index in [1.807, 2.05) is 0 Å². The van der Waals surface area contributed by atoms with Crippen molar-refractivity contribution < 1.29 is 18.6 Å². The summed E-state index contributed by atoms with van der Waals surface area (Å²) in [7, 11) is -0.554. The van der Waals surface area contributed by atoms with E-state index in [1.165, 1.54) is 12.8 Å². The standard InChI is InChI=1S/C10H16B2O4/c1-3-7-8(4-1)14-11(13-7)12-15-9-5-2-6-10(9)16-12/h7-10H,1-6H2/t7-,8+,9-,10+. The first-order valence-corrected chi connectivity index (χ1v) is 6.52. The average Bonchev–Trinajstić information content (AvgIpc) is 2.94. The topological polar surface area (TPSA) is 36.9 Å². The molecular weight excluding hydrogens is 206 g/mol. The second-order valence-corrected chi connectivity index (χ2v) is 5.30. The minimum atomic E-state index is -0.277. The van der Waals surface area contributed by atoms with E-state index in [0.717, 1.165) is 25.7 Å². The second kappa shape index (κ2) is 3.73. The summed E-state index contributed by atoms with van der Waals surface area (Å²) in [6, 6.07) is 0. The summed E-state index contributed by atoms with van der Waals surface area (Å²) < 4.78 is 23.4. The average molecular weight is 222 g/mol. The molecule has 4 aliphatic rings. The molecule has 0 spiro atoms. The fourth-order valence-electron chi connectivity index (χ4n) is 3.42. The molecule has 16 heavy (non-hydrogen) atoms. The fraction of sp³-hybridized carbons (Fsp3) is 1.00. The quantitative estimate of drug-likeness (QED) is 0.619. The molecule has 0 radical (unpaired) electrons. The largest absolute Gasteiger partial charge is 0.488 e. The minimum Gasteiger partial charge on any atom is -0.408 e. The van der Waals surface area contributed by atoms with Crippen LogP contribution in [0, 0.1) is 0 Å². The predicted molar refractivity (Wildman–Crippen MR) is 58.7 cm³/mol. The third-order valence-corrected chi connectivity index (χ3v) is 4.24. The molecule has 86 valence electrons. The van der Waals surface area contributed by atoms with Crippen molar-refractivity contribution in [3.8, 4) is 0 Å². The van der Waals surface area contributed by atoms with Crippen molar-refractivity contribution in [2.45, 2.75) is 62.9 Å². The lowest BCUT2D eigenvalue weighted by atomic mass is 9.49. The molecular formula is C10H16B2O4. The minimum absolute atomic E-state index is 0.277. The SMILES string of the molecule is C1C[C@@H]2OB(B3O[C@H]4CCC[C@H]4O3)O[C@@H]2C1. The van der Waals surface area contributed by atoms with E-state index in [-0.39, 0.29) is 38.4 Å². The zero-order valence-corrected chi connectivity index (χ0v) is 9.34. The molecule has 2 saturated carbocycles. The lowest BCUT2D eigenvalue weighted by Gasteiger charge is -2.10. The lowest BCUT2D eigenvalue weighted by Crippen LogP contribution is -2.40. The van der Waals surface area contributed by atoms with Gasteiger partial charge in [-0.15, -0.1) is 0 Å². The van der Waals surface area contributed by atoms with Crippen molar-refractivity contribution in [2.75, 3.05) is 0 Å². The van der Waals surface area contributed by atoms with E-state index in [1.54, 1.807) is 0 Å². The van der Waals surface area contributed by atoms with Crippen LogP contribution in [0.4, 0.5) is 0 Å². The molecule has 0 bridgehead atoms. The summed E-state index contributed by atoms with van der Waals surface area (Å²) in [4.78, 5) is 0. The Morgan fingerprint density at radius 3 is 1.19 bits per heavy atom. The van der Waals surface area contributed by atoms with Crippen LogP contribution in [-0.4, -0.2) is 38.4 Å². The van der Waals surface area contributed by atoms with Gasteiger partial charge in [0.25, 0.3) is 0 Å². The monoisotopic (exact) mass is 222 g/mol. The summed E-state index contributed by atoms with van der Waals surface area (Å²) >= 11 is 0. The van der Waals surface area contributed by atoms with Crippen LogP contribution in [0.5, 0.6) is 0 Å². The van der Waals surface area contributed by atoms with Crippen LogP contribution in [0.2, 0.25) is 0 Å². The molecule has 4 nitrogen and oxygen atoms in total. The van der Waals surface area contributed by atoms with Crippen LogP contribution in [0.25, 0.3) is 0 Å². The molecule has 0 unspecified atom stereocenters. The van der Waals surface area contributed by atoms with Crippen molar-refractivity contribution in [3.05, 3.63) is 0 Å². The van der Waals surface area contributed by atoms with E-state index < -0.39 is 0 Å². The number of hydrogen-bond donors (Lipinski definition) is 0. The van der Waals surface area contributed by atoms with Gasteiger partial charge in [-0.25, -0.2) is 0 Å². The summed E-state index contributed by atoms with van der Waals surface area (Å²) in [6.07, 6.45) is 8.10. The van der Waals surface area contributed by atoms with E-state index in [9.17, 15) is 0 Å². The highest BCUT2D eigenvalue weighted by Crippen LogP contribution is 2.36. The van der Waals surface area contributed by atoms with Gasteiger partial charge in [-0.2, -0.15) is 0 Å². The Kier molecular flexibility index (Phi) is 2.32. The molecule has 0 N–H and O–H groups in total. The van der Waals surface area contributed by atoms with Gasteiger partial charge < -0.3 is 18.6 Å². The molecule has 4 fully saturated rings. The molecule has 2 saturated heterocycles. The Morgan fingerprint density at radius 1 is 0.562 bits per heavy atom. The van der Waals surface area contributed by atoms with Gasteiger partial charge in [0.05, 0.1) is 24.4 Å². The molecule has 2 heterocycles. The Bertz CT molecular complexity index is 238. The fourth-order valence-corrected chi connectivity index (χ4v) is 3.42. The predicted octanol–water partition coefficient (Wildman–Crippen LogP) is 0.977. The van der Waals surface area contributed by atoms with Crippen molar-refractivity contribution in [1.29, 1.82) is 0 Å². The normalized spacial score (nSPS) is 46.5. The number of fused-ring (bicyclic) bond motifs is 2. The van der Waals surface area contributed by atoms with Gasteiger partial charge in [0.2, 0.25) is 0 Å². The van der Waals surface area contributed by atoms with Crippen LogP contribution in [-0.2, 0) is 18.6 Å². The zero-order valence-electron chi connectivity index (χ0n) is 9.34. The van der Waals surface area contributed by atoms with Crippen LogP contribution >= 0.6 is 0 Å². The molecule has 0 aromatic rings. The Morgan fingerprint density at radius 2 is 0.875 bits per heavy atom. The van der Waals surface area contributed by atoms with Crippen molar-refractivity contribution in [2.24, 2.45) is 0 Å². The van der Waals surface area contributed by atoms with E-state index >= 15 is 0 Å². The highest BCUT2D eigenvalue weighted by Gasteiger charge is 2.56. The van der Waals surface area contributed by atoms with Gasteiger partial charge in [0.1, 0.15) is 0 Å². The molecule has 4 atom stereocenters. The van der Waals surface area contributed by atoms with Gasteiger partial charge in [0.15, 0.2) is 0 Å². The number of rotatable bonds is 1. The zero-order chi connectivity index (χ0) is 10.5. The maximum Gasteiger partial charge on any atom is 0.488 e. The molecule has 0 aromatic heterocycles. The van der Waals surface area contributed by atoms with Crippen LogP contribution in [0.3, 0.4) is 0 Å². The molecule has 0 aromatic carbocycles. The lowest BCUT2D eigenvalue weighted by molar-refractivity contribution is 0.187. The van der Waals surface area contributed by atoms with E-state index in [4.69, 9.17) is 18.6 Å². The summed E-state index contributed by atoms with van der Waals surface area (Å²) in [5.74, 6) is 0. The number of hydrogen-bond acceptors (Lipinski definition) is 4. The molecule has 6 heteroatoms. The summed E-state index contributed by atoms with van der Waals surface area (Å²) in [5, 5.41) is 0. The Balaban J connectivity index is 1.41. The van der Waals surface area contributed by atoms with E-state index in [2.05, 4.69) is 0 Å². The van der Waals surface area contributed by atoms with Gasteiger partial charge in [-0.05, 0) is 38.5 Å². The van der Waals surface area contributed by atoms with E-state index in [0.29, 0.717) is 0 Å². The smallest absolute Gasteiger partial charge is 0.408 e. The molecule has 4 rings (SSSR count). The van der Waals surface area contributed by atoms with Gasteiger partial charge in [-0.3, -0.25) is 0 Å². The Labute approximate surface area is 96.2 Å². The second-order valence-electron chi connectivity index (χ2n) is 5.30. The first-order valence-electron chi connectivity index (χ1n) is 6.52. The maximum atomic E-state index is 5.86. The van der Waals surface area contributed by atoms with Gasteiger partial charge >= 0.3 is 14.0 Å². The maximum absolute atomic E-state index is 5.86. The highest BCUT2D eigenvalue weighted by molar-refractivity contribution is 7.11. The van der Waals surface area contributed by atoms with Gasteiger partial charge in [0, 0.05) is 0 Å². The summed E-state index contributed by atoms with van der Waals surface area (Å²) in [5.41, 5.74) is 0. The molecule has 0 amide bonds. The van der Waals surface area contributed by atoms with Crippen molar-refractivity contribution in [1.82, 2.24) is 0 Å². The van der Waals surface area contributed by atoms with Crippen LogP contribution in [0.1, 0.15) is 38.5 Å². The van der Waals surface area contributed by atoms with Gasteiger partial charge in [-0.1, -0.05) is 0 Å². The third kappa shape index (κ3) is 1.47. The van der Waals surface area contributed by atoms with Crippen molar-refractivity contribution >= 4 is 14.0 Å². The first-order chi connectivity index (χ1) is 7.90. The highest BCUT2D eigenvalue weighted by atomic mass is 16.7. The van der Waals surface area contributed by atoms with Crippen molar-refractivity contribution in [3.63, 3.8) is 0 Å². The summed E-state index contributed by atoms with van der Waals surface area (Å²) in [6.45, 7) is 0. The Hall–Kier alpha value is -0.0301. The molecule has 2 aliphatic heterocycles. The third-order valence-electron chi connectivity index (χ3n) is 4.24. The first kappa shape index (κ1) is 9.95.